The molecular weight excluding hydrogens is 356 g/mol. The Kier molecular flexibility index (Phi) is 5.10. The Morgan fingerprint density at radius 1 is 1.25 bits per heavy atom. The highest BCUT2D eigenvalue weighted by Crippen LogP contribution is 2.41. The van der Waals surface area contributed by atoms with Crippen LogP contribution in [0.1, 0.15) is 43.7 Å². The fraction of sp³-hybridized carbons (Fsp3) is 0.571. The zero-order valence-corrected chi connectivity index (χ0v) is 16.4. The van der Waals surface area contributed by atoms with Crippen LogP contribution < -0.4 is 10.6 Å². The average molecular weight is 384 g/mol. The standard InChI is InChI=1S/C21H28N4O3/c1-2-13-24(16-8-11-22-12-9-16)18(26)14-25-19(27)21(23-20(25)28)10-7-15-5-3-4-6-17(15)21/h3-6,16,22H,2,7-14H2,1H3,(H,23,28). The summed E-state index contributed by atoms with van der Waals surface area (Å²) in [5, 5.41) is 6.21. The molecule has 2 fully saturated rings. The molecule has 4 rings (SSSR count). The van der Waals surface area contributed by atoms with Crippen LogP contribution in [-0.2, 0) is 21.5 Å². The number of aryl methyl sites for hydroxylation is 1. The molecule has 1 atom stereocenters. The van der Waals surface area contributed by atoms with E-state index in [0.717, 1.165) is 54.8 Å². The van der Waals surface area contributed by atoms with Gasteiger partial charge >= 0.3 is 6.03 Å². The van der Waals surface area contributed by atoms with Crippen LogP contribution in [0.4, 0.5) is 4.79 Å². The maximum atomic E-state index is 13.3. The molecule has 1 aliphatic carbocycles. The van der Waals surface area contributed by atoms with Gasteiger partial charge in [0.15, 0.2) is 0 Å². The van der Waals surface area contributed by atoms with E-state index in [2.05, 4.69) is 10.6 Å². The molecule has 28 heavy (non-hydrogen) atoms. The number of piperidine rings is 1. The third-order valence-electron chi connectivity index (χ3n) is 6.25. The Labute approximate surface area is 165 Å². The number of nitrogens with one attached hydrogen (secondary N) is 2. The topological polar surface area (TPSA) is 81.8 Å². The van der Waals surface area contributed by atoms with Crippen molar-refractivity contribution in [3.63, 3.8) is 0 Å². The van der Waals surface area contributed by atoms with Crippen LogP contribution in [0.2, 0.25) is 0 Å². The Bertz CT molecular complexity index is 790. The fourth-order valence-corrected chi connectivity index (χ4v) is 4.83. The van der Waals surface area contributed by atoms with E-state index in [0.29, 0.717) is 13.0 Å². The Balaban J connectivity index is 1.52. The van der Waals surface area contributed by atoms with E-state index in [9.17, 15) is 14.4 Å². The van der Waals surface area contributed by atoms with Gasteiger partial charge in [-0.05, 0) is 56.3 Å². The van der Waals surface area contributed by atoms with Gasteiger partial charge in [-0.25, -0.2) is 4.79 Å². The summed E-state index contributed by atoms with van der Waals surface area (Å²) in [5.41, 5.74) is 0.955. The lowest BCUT2D eigenvalue weighted by molar-refractivity contribution is -0.140. The Morgan fingerprint density at radius 2 is 2.00 bits per heavy atom. The molecule has 4 amide bonds. The van der Waals surface area contributed by atoms with E-state index in [1.54, 1.807) is 0 Å². The zero-order valence-electron chi connectivity index (χ0n) is 16.4. The first-order chi connectivity index (χ1) is 13.6. The van der Waals surface area contributed by atoms with Gasteiger partial charge in [0.25, 0.3) is 5.91 Å². The van der Waals surface area contributed by atoms with Gasteiger partial charge < -0.3 is 15.5 Å². The minimum atomic E-state index is -1.00. The van der Waals surface area contributed by atoms with Crippen LogP contribution in [0.5, 0.6) is 0 Å². The van der Waals surface area contributed by atoms with Gasteiger partial charge in [-0.15, -0.1) is 0 Å². The monoisotopic (exact) mass is 384 g/mol. The summed E-state index contributed by atoms with van der Waals surface area (Å²) in [7, 11) is 0. The normalized spacial score (nSPS) is 24.5. The van der Waals surface area contributed by atoms with Crippen LogP contribution >= 0.6 is 0 Å². The molecule has 2 heterocycles. The van der Waals surface area contributed by atoms with Gasteiger partial charge in [0.2, 0.25) is 5.91 Å². The molecule has 3 aliphatic rings. The number of amides is 4. The molecule has 2 aliphatic heterocycles. The molecule has 1 spiro atoms. The van der Waals surface area contributed by atoms with Gasteiger partial charge in [-0.2, -0.15) is 0 Å². The largest absolute Gasteiger partial charge is 0.338 e. The molecule has 7 nitrogen and oxygen atoms in total. The lowest BCUT2D eigenvalue weighted by atomic mass is 9.92. The lowest BCUT2D eigenvalue weighted by Crippen LogP contribution is -2.51. The molecule has 1 aromatic rings. The van der Waals surface area contributed by atoms with E-state index in [-0.39, 0.29) is 24.4 Å². The molecule has 0 saturated carbocycles. The van der Waals surface area contributed by atoms with E-state index in [1.165, 1.54) is 0 Å². The van der Waals surface area contributed by atoms with Crippen molar-refractivity contribution in [3.05, 3.63) is 35.4 Å². The van der Waals surface area contributed by atoms with Crippen molar-refractivity contribution in [2.75, 3.05) is 26.2 Å². The summed E-state index contributed by atoms with van der Waals surface area (Å²) in [6.07, 6.45) is 3.97. The molecule has 2 saturated heterocycles. The lowest BCUT2D eigenvalue weighted by Gasteiger charge is -2.35. The number of carbonyl (C=O) groups is 3. The van der Waals surface area contributed by atoms with Crippen LogP contribution in [-0.4, -0.2) is 59.9 Å². The van der Waals surface area contributed by atoms with Crippen molar-refractivity contribution in [2.45, 2.75) is 50.6 Å². The Hall–Kier alpha value is -2.41. The highest BCUT2D eigenvalue weighted by Gasteiger charge is 2.55. The quantitative estimate of drug-likeness (QED) is 0.752. The van der Waals surface area contributed by atoms with Crippen LogP contribution in [0.25, 0.3) is 0 Å². The van der Waals surface area contributed by atoms with Gasteiger partial charge in [-0.3, -0.25) is 14.5 Å². The fourth-order valence-electron chi connectivity index (χ4n) is 4.83. The number of rotatable bonds is 5. The second-order valence-electron chi connectivity index (χ2n) is 7.95. The summed E-state index contributed by atoms with van der Waals surface area (Å²) in [6.45, 7) is 4.29. The average Bonchev–Trinajstić information content (AvgIpc) is 3.20. The smallest absolute Gasteiger partial charge is 0.325 e. The summed E-state index contributed by atoms with van der Waals surface area (Å²) in [5.74, 6) is -0.432. The maximum absolute atomic E-state index is 13.3. The molecule has 7 heteroatoms. The third kappa shape index (κ3) is 3.07. The molecule has 1 unspecified atom stereocenters. The predicted octanol–water partition coefficient (Wildman–Crippen LogP) is 1.37. The molecule has 1 aromatic carbocycles. The Morgan fingerprint density at radius 3 is 2.75 bits per heavy atom. The van der Waals surface area contributed by atoms with Gasteiger partial charge in [0, 0.05) is 12.6 Å². The molecular formula is C21H28N4O3. The van der Waals surface area contributed by atoms with Crippen molar-refractivity contribution < 1.29 is 14.4 Å². The summed E-state index contributed by atoms with van der Waals surface area (Å²) < 4.78 is 0. The number of imide groups is 1. The van der Waals surface area contributed by atoms with Crippen LogP contribution in [0.3, 0.4) is 0 Å². The third-order valence-corrected chi connectivity index (χ3v) is 6.25. The first kappa shape index (κ1) is 18.9. The summed E-state index contributed by atoms with van der Waals surface area (Å²) in [6, 6.07) is 7.45. The van der Waals surface area contributed by atoms with Crippen molar-refractivity contribution in [2.24, 2.45) is 0 Å². The van der Waals surface area contributed by atoms with Crippen LogP contribution in [0.15, 0.2) is 24.3 Å². The van der Waals surface area contributed by atoms with E-state index in [1.807, 2.05) is 36.1 Å². The highest BCUT2D eigenvalue weighted by molar-refractivity contribution is 6.09. The van der Waals surface area contributed by atoms with Crippen molar-refractivity contribution >= 4 is 17.8 Å². The highest BCUT2D eigenvalue weighted by atomic mass is 16.2. The molecule has 150 valence electrons. The minimum absolute atomic E-state index is 0.138. The number of hydrogen-bond acceptors (Lipinski definition) is 4. The van der Waals surface area contributed by atoms with Gasteiger partial charge in [0.1, 0.15) is 12.1 Å². The SMILES string of the molecule is CCCN(C(=O)CN1C(=O)NC2(CCc3ccccc32)C1=O)C1CCNCC1. The summed E-state index contributed by atoms with van der Waals surface area (Å²) >= 11 is 0. The number of benzene rings is 1. The number of nitrogens with zero attached hydrogens (tertiary/aromatic N) is 2. The molecule has 0 radical (unpaired) electrons. The van der Waals surface area contributed by atoms with Crippen molar-refractivity contribution in [3.8, 4) is 0 Å². The second-order valence-corrected chi connectivity index (χ2v) is 7.95. The molecule has 2 N–H and O–H groups in total. The molecule has 0 bridgehead atoms. The van der Waals surface area contributed by atoms with Gasteiger partial charge in [0.05, 0.1) is 0 Å². The van der Waals surface area contributed by atoms with Crippen LogP contribution in [0, 0.1) is 0 Å². The van der Waals surface area contributed by atoms with Crippen molar-refractivity contribution in [1.29, 1.82) is 0 Å². The predicted molar refractivity (Wildman–Crippen MR) is 105 cm³/mol. The first-order valence-electron chi connectivity index (χ1n) is 10.3. The number of hydrogen-bond donors (Lipinski definition) is 2. The minimum Gasteiger partial charge on any atom is -0.338 e. The maximum Gasteiger partial charge on any atom is 0.325 e. The van der Waals surface area contributed by atoms with E-state index >= 15 is 0 Å². The van der Waals surface area contributed by atoms with E-state index in [4.69, 9.17) is 0 Å². The summed E-state index contributed by atoms with van der Waals surface area (Å²) in [4.78, 5) is 42.0. The number of urea groups is 1. The first-order valence-corrected chi connectivity index (χ1v) is 10.3. The van der Waals surface area contributed by atoms with Gasteiger partial charge in [-0.1, -0.05) is 31.2 Å². The number of fused-ring (bicyclic) bond motifs is 2. The molecule has 0 aromatic heterocycles. The number of carbonyl (C=O) groups excluding carboxylic acids is 3. The zero-order chi connectivity index (χ0) is 19.7. The van der Waals surface area contributed by atoms with Crippen molar-refractivity contribution in [1.82, 2.24) is 20.4 Å². The second kappa shape index (κ2) is 7.54. The van der Waals surface area contributed by atoms with E-state index < -0.39 is 11.6 Å².